The molecule has 1 fully saturated rings. The molecule has 2 aliphatic rings. The summed E-state index contributed by atoms with van der Waals surface area (Å²) in [6.45, 7) is 2.70. The molecule has 130 valence electrons. The average Bonchev–Trinajstić information content (AvgIpc) is 3.12. The van der Waals surface area contributed by atoms with Gasteiger partial charge in [-0.15, -0.1) is 0 Å². The molecule has 0 aliphatic carbocycles. The third-order valence-electron chi connectivity index (χ3n) is 5.10. The van der Waals surface area contributed by atoms with Gasteiger partial charge in [-0.2, -0.15) is 0 Å². The Hall–Kier alpha value is -1.62. The van der Waals surface area contributed by atoms with Gasteiger partial charge >= 0.3 is 0 Å². The predicted octanol–water partition coefficient (Wildman–Crippen LogP) is 3.63. The van der Waals surface area contributed by atoms with E-state index >= 15 is 0 Å². The summed E-state index contributed by atoms with van der Waals surface area (Å²) in [5.74, 6) is 1.51. The van der Waals surface area contributed by atoms with Crippen molar-refractivity contribution < 1.29 is 0 Å². The zero-order chi connectivity index (χ0) is 17.3. The molecule has 2 aromatic rings. The number of halogens is 2. The van der Waals surface area contributed by atoms with E-state index in [1.54, 1.807) is 0 Å². The highest BCUT2D eigenvalue weighted by Gasteiger charge is 2.41. The molecule has 0 bridgehead atoms. The molecule has 4 nitrogen and oxygen atoms in total. The van der Waals surface area contributed by atoms with Crippen molar-refractivity contribution in [3.8, 4) is 0 Å². The Bertz CT molecular complexity index is 787. The van der Waals surface area contributed by atoms with Crippen LogP contribution in [0.25, 0.3) is 0 Å². The standard InChI is InChI=1S/C19H20Cl2N4/c20-16-4-3-15(10-17(16)21)19(14-5-8-22-9-6-14)12-24-18(25-19)13-2-1-7-23-11-13/h3-6,8-10,13,23H,1-2,7,11-12H2,(H,24,25). The summed E-state index contributed by atoms with van der Waals surface area (Å²) in [6.07, 6.45) is 5.97. The van der Waals surface area contributed by atoms with E-state index in [-0.39, 0.29) is 0 Å². The van der Waals surface area contributed by atoms with Gasteiger partial charge in [-0.25, -0.2) is 0 Å². The number of amidine groups is 1. The Kier molecular flexibility index (Phi) is 4.67. The topological polar surface area (TPSA) is 49.3 Å². The molecular weight excluding hydrogens is 355 g/mol. The molecule has 1 aromatic carbocycles. The van der Waals surface area contributed by atoms with E-state index < -0.39 is 5.54 Å². The number of hydrogen-bond acceptors (Lipinski definition) is 4. The minimum Gasteiger partial charge on any atom is -0.358 e. The Balaban J connectivity index is 1.73. The van der Waals surface area contributed by atoms with Crippen molar-refractivity contribution in [2.75, 3.05) is 19.6 Å². The Morgan fingerprint density at radius 1 is 1.04 bits per heavy atom. The highest BCUT2D eigenvalue weighted by atomic mass is 35.5. The summed E-state index contributed by atoms with van der Waals surface area (Å²) in [4.78, 5) is 9.05. The molecule has 1 saturated heterocycles. The first-order valence-corrected chi connectivity index (χ1v) is 9.34. The molecule has 2 N–H and O–H groups in total. The average molecular weight is 375 g/mol. The zero-order valence-corrected chi connectivity index (χ0v) is 15.3. The second kappa shape index (κ2) is 6.94. The third-order valence-corrected chi connectivity index (χ3v) is 5.84. The van der Waals surface area contributed by atoms with Gasteiger partial charge in [0.25, 0.3) is 0 Å². The lowest BCUT2D eigenvalue weighted by atomic mass is 9.83. The van der Waals surface area contributed by atoms with E-state index in [0.717, 1.165) is 36.5 Å². The van der Waals surface area contributed by atoms with Crippen LogP contribution >= 0.6 is 23.2 Å². The molecule has 0 saturated carbocycles. The van der Waals surface area contributed by atoms with Gasteiger partial charge < -0.3 is 10.6 Å². The summed E-state index contributed by atoms with van der Waals surface area (Å²) in [5.41, 5.74) is 1.77. The molecule has 2 atom stereocenters. The van der Waals surface area contributed by atoms with Gasteiger partial charge in [-0.1, -0.05) is 29.3 Å². The second-order valence-corrected chi connectivity index (χ2v) is 7.45. The monoisotopic (exact) mass is 374 g/mol. The molecule has 0 amide bonds. The van der Waals surface area contributed by atoms with E-state index in [1.807, 2.05) is 42.7 Å². The summed E-state index contributed by atoms with van der Waals surface area (Å²) < 4.78 is 0. The fourth-order valence-electron chi connectivity index (χ4n) is 3.71. The zero-order valence-electron chi connectivity index (χ0n) is 13.8. The largest absolute Gasteiger partial charge is 0.358 e. The van der Waals surface area contributed by atoms with Crippen LogP contribution in [0.2, 0.25) is 10.0 Å². The predicted molar refractivity (Wildman–Crippen MR) is 103 cm³/mol. The van der Waals surface area contributed by atoms with Gasteiger partial charge in [-0.05, 0) is 54.8 Å². The van der Waals surface area contributed by atoms with E-state index in [9.17, 15) is 0 Å². The maximum absolute atomic E-state index is 6.31. The van der Waals surface area contributed by atoms with Crippen molar-refractivity contribution in [3.63, 3.8) is 0 Å². The lowest BCUT2D eigenvalue weighted by molar-refractivity contribution is 0.442. The molecular formula is C19H20Cl2N4. The SMILES string of the molecule is Clc1ccc(C2(c3ccncc3)CN=C(C3CCCNC3)N2)cc1Cl. The second-order valence-electron chi connectivity index (χ2n) is 6.64. The first-order chi connectivity index (χ1) is 12.2. The number of nitrogens with zero attached hydrogens (tertiary/aromatic N) is 2. The highest BCUT2D eigenvalue weighted by molar-refractivity contribution is 6.42. The van der Waals surface area contributed by atoms with Crippen LogP contribution in [0.3, 0.4) is 0 Å². The van der Waals surface area contributed by atoms with E-state index in [2.05, 4.69) is 15.6 Å². The quantitative estimate of drug-likeness (QED) is 0.861. The molecule has 6 heteroatoms. The Morgan fingerprint density at radius 3 is 2.60 bits per heavy atom. The summed E-state index contributed by atoms with van der Waals surface area (Å²) in [7, 11) is 0. The number of hydrogen-bond donors (Lipinski definition) is 2. The van der Waals surface area contributed by atoms with E-state index in [1.165, 1.54) is 6.42 Å². The van der Waals surface area contributed by atoms with Crippen LogP contribution in [-0.2, 0) is 5.54 Å². The van der Waals surface area contributed by atoms with Crippen molar-refractivity contribution in [1.82, 2.24) is 15.6 Å². The lowest BCUT2D eigenvalue weighted by Crippen LogP contribution is -2.48. The molecule has 0 radical (unpaired) electrons. The van der Waals surface area contributed by atoms with Crippen LogP contribution in [0.4, 0.5) is 0 Å². The van der Waals surface area contributed by atoms with Crippen LogP contribution in [0, 0.1) is 5.92 Å². The smallest absolute Gasteiger partial charge is 0.109 e. The van der Waals surface area contributed by atoms with Gasteiger partial charge in [0, 0.05) is 24.9 Å². The summed E-state index contributed by atoms with van der Waals surface area (Å²) >= 11 is 12.4. The van der Waals surface area contributed by atoms with E-state index in [0.29, 0.717) is 22.5 Å². The summed E-state index contributed by atoms with van der Waals surface area (Å²) in [5, 5.41) is 8.32. The van der Waals surface area contributed by atoms with Gasteiger partial charge in [0.2, 0.25) is 0 Å². The molecule has 0 spiro atoms. The number of rotatable bonds is 3. The lowest BCUT2D eigenvalue weighted by Gasteiger charge is -2.33. The maximum atomic E-state index is 6.31. The van der Waals surface area contributed by atoms with Gasteiger partial charge in [0.1, 0.15) is 11.4 Å². The molecule has 25 heavy (non-hydrogen) atoms. The highest BCUT2D eigenvalue weighted by Crippen LogP contribution is 2.37. The van der Waals surface area contributed by atoms with Crippen molar-refractivity contribution in [3.05, 3.63) is 63.9 Å². The third kappa shape index (κ3) is 3.14. The van der Waals surface area contributed by atoms with Gasteiger partial charge in [-0.3, -0.25) is 9.98 Å². The minimum absolute atomic E-state index is 0.427. The summed E-state index contributed by atoms with van der Waals surface area (Å²) in [6, 6.07) is 9.89. The van der Waals surface area contributed by atoms with Crippen molar-refractivity contribution in [2.24, 2.45) is 10.9 Å². The number of nitrogens with one attached hydrogen (secondary N) is 2. The molecule has 3 heterocycles. The van der Waals surface area contributed by atoms with Crippen molar-refractivity contribution >= 4 is 29.0 Å². The number of aromatic nitrogens is 1. The first kappa shape index (κ1) is 16.8. The number of pyridine rings is 1. The van der Waals surface area contributed by atoms with Crippen molar-refractivity contribution in [1.29, 1.82) is 0 Å². The fraction of sp³-hybridized carbons (Fsp3) is 0.368. The Morgan fingerprint density at radius 2 is 1.88 bits per heavy atom. The molecule has 2 aliphatic heterocycles. The van der Waals surface area contributed by atoms with Crippen LogP contribution in [0.5, 0.6) is 0 Å². The van der Waals surface area contributed by atoms with Crippen LogP contribution in [-0.4, -0.2) is 30.5 Å². The Labute approximate surface area is 157 Å². The maximum Gasteiger partial charge on any atom is 0.109 e. The normalized spacial score (nSPS) is 26.2. The first-order valence-electron chi connectivity index (χ1n) is 8.58. The number of benzene rings is 1. The van der Waals surface area contributed by atoms with E-state index in [4.69, 9.17) is 28.2 Å². The van der Waals surface area contributed by atoms with Crippen molar-refractivity contribution in [2.45, 2.75) is 18.4 Å². The fourth-order valence-corrected chi connectivity index (χ4v) is 4.01. The molecule has 4 rings (SSSR count). The number of aliphatic imine (C=N–C) groups is 1. The minimum atomic E-state index is -0.427. The number of piperidine rings is 1. The molecule has 2 unspecified atom stereocenters. The van der Waals surface area contributed by atoms with Crippen LogP contribution in [0.1, 0.15) is 24.0 Å². The molecule has 1 aromatic heterocycles. The van der Waals surface area contributed by atoms with Gasteiger partial charge in [0.15, 0.2) is 0 Å². The van der Waals surface area contributed by atoms with Gasteiger partial charge in [0.05, 0.1) is 16.6 Å². The van der Waals surface area contributed by atoms with Crippen LogP contribution < -0.4 is 10.6 Å². The van der Waals surface area contributed by atoms with Crippen LogP contribution in [0.15, 0.2) is 47.7 Å².